The summed E-state index contributed by atoms with van der Waals surface area (Å²) < 4.78 is 6.96. The molecular weight excluding hydrogens is 330 g/mol. The molecule has 3 rings (SSSR count). The van der Waals surface area contributed by atoms with Gasteiger partial charge in [0.1, 0.15) is 12.1 Å². The molecular formula is C19H19N5O2. The van der Waals surface area contributed by atoms with Gasteiger partial charge in [-0.1, -0.05) is 24.3 Å². The van der Waals surface area contributed by atoms with E-state index in [0.717, 1.165) is 16.7 Å². The van der Waals surface area contributed by atoms with Crippen LogP contribution in [-0.2, 0) is 11.3 Å². The van der Waals surface area contributed by atoms with Gasteiger partial charge in [-0.2, -0.15) is 0 Å². The molecule has 0 saturated heterocycles. The van der Waals surface area contributed by atoms with E-state index < -0.39 is 0 Å². The molecule has 0 spiro atoms. The molecule has 0 unspecified atom stereocenters. The number of amides is 1. The number of benzene rings is 1. The quantitative estimate of drug-likeness (QED) is 0.692. The number of methoxy groups -OCH3 is 1. The highest BCUT2D eigenvalue weighted by molar-refractivity contribution is 6.03. The van der Waals surface area contributed by atoms with Crippen LogP contribution in [0, 0.1) is 0 Å². The fourth-order valence-electron chi connectivity index (χ4n) is 2.50. The number of rotatable bonds is 6. The molecule has 132 valence electrons. The molecule has 0 aliphatic rings. The van der Waals surface area contributed by atoms with E-state index in [0.29, 0.717) is 12.3 Å². The van der Waals surface area contributed by atoms with Crippen molar-refractivity contribution in [1.29, 1.82) is 0 Å². The van der Waals surface area contributed by atoms with Crippen molar-refractivity contribution in [2.24, 2.45) is 0 Å². The van der Waals surface area contributed by atoms with Gasteiger partial charge in [-0.3, -0.25) is 15.1 Å². The summed E-state index contributed by atoms with van der Waals surface area (Å²) in [4.78, 5) is 20.4. The molecule has 1 aromatic carbocycles. The molecule has 7 heteroatoms. The number of aromatic nitrogens is 4. The zero-order chi connectivity index (χ0) is 18.4. The maximum absolute atomic E-state index is 12.2. The largest absolute Gasteiger partial charge is 0.496 e. The molecule has 0 atom stereocenters. The predicted octanol–water partition coefficient (Wildman–Crippen LogP) is 2.77. The number of nitrogens with one attached hydrogen (secondary N) is 1. The lowest BCUT2D eigenvalue weighted by molar-refractivity contribution is -0.111. The van der Waals surface area contributed by atoms with E-state index in [9.17, 15) is 4.79 Å². The number of ether oxygens (including phenoxy) is 1. The first kappa shape index (κ1) is 17.3. The second-order valence-electron chi connectivity index (χ2n) is 5.64. The zero-order valence-corrected chi connectivity index (χ0v) is 14.6. The van der Waals surface area contributed by atoms with Crippen LogP contribution < -0.4 is 10.1 Å². The minimum Gasteiger partial charge on any atom is -0.496 e. The van der Waals surface area contributed by atoms with Crippen LogP contribution >= 0.6 is 0 Å². The monoisotopic (exact) mass is 349 g/mol. The normalized spacial score (nSPS) is 11.2. The Bertz CT molecular complexity index is 918. The third-order valence-corrected chi connectivity index (χ3v) is 3.72. The van der Waals surface area contributed by atoms with E-state index in [1.54, 1.807) is 30.5 Å². The highest BCUT2D eigenvalue weighted by Gasteiger charge is 2.08. The van der Waals surface area contributed by atoms with Crippen LogP contribution in [0.1, 0.15) is 18.1 Å². The first-order valence-electron chi connectivity index (χ1n) is 8.07. The van der Waals surface area contributed by atoms with Gasteiger partial charge >= 0.3 is 0 Å². The summed E-state index contributed by atoms with van der Waals surface area (Å²) in [5.74, 6) is 0.670. The second-order valence-corrected chi connectivity index (χ2v) is 5.64. The highest BCUT2D eigenvalue weighted by atomic mass is 16.5. The van der Waals surface area contributed by atoms with Crippen molar-refractivity contribution in [3.63, 3.8) is 0 Å². The molecule has 0 radical (unpaired) electrons. The van der Waals surface area contributed by atoms with Gasteiger partial charge in [0.05, 0.1) is 13.7 Å². The molecule has 0 fully saturated rings. The van der Waals surface area contributed by atoms with E-state index in [4.69, 9.17) is 4.74 Å². The summed E-state index contributed by atoms with van der Waals surface area (Å²) in [5, 5.41) is 6.92. The lowest BCUT2D eigenvalue weighted by Crippen LogP contribution is -2.11. The summed E-state index contributed by atoms with van der Waals surface area (Å²) in [6.45, 7) is 2.39. The Hall–Kier alpha value is -3.48. The van der Waals surface area contributed by atoms with Gasteiger partial charge in [0.25, 0.3) is 5.91 Å². The third-order valence-electron chi connectivity index (χ3n) is 3.72. The van der Waals surface area contributed by atoms with Crippen molar-refractivity contribution in [1.82, 2.24) is 19.7 Å². The number of hydrogen-bond donors (Lipinski definition) is 1. The fraction of sp³-hybridized carbons (Fsp3) is 0.158. The number of para-hydroxylation sites is 1. The molecule has 0 aliphatic carbocycles. The Labute approximate surface area is 151 Å². The number of carbonyl (C=O) groups is 1. The van der Waals surface area contributed by atoms with Crippen LogP contribution in [0.25, 0.3) is 5.57 Å². The van der Waals surface area contributed by atoms with Gasteiger partial charge in [-0.15, -0.1) is 5.10 Å². The van der Waals surface area contributed by atoms with Crippen molar-refractivity contribution < 1.29 is 9.53 Å². The Morgan fingerprint density at radius 2 is 2.12 bits per heavy atom. The number of allylic oxidation sites excluding steroid dienone is 1. The van der Waals surface area contributed by atoms with Gasteiger partial charge in [-0.25, -0.2) is 9.67 Å². The van der Waals surface area contributed by atoms with Crippen LogP contribution in [0.15, 0.2) is 61.2 Å². The van der Waals surface area contributed by atoms with Crippen LogP contribution in [0.3, 0.4) is 0 Å². The van der Waals surface area contributed by atoms with Crippen molar-refractivity contribution in [2.75, 3.05) is 12.4 Å². The SMILES string of the molecule is COc1ccccc1/C(C)=C\C(=O)Nc1ncn(Cc2cccnc2)n1. The lowest BCUT2D eigenvalue weighted by Gasteiger charge is -2.08. The van der Waals surface area contributed by atoms with Gasteiger partial charge in [0, 0.05) is 24.0 Å². The van der Waals surface area contributed by atoms with Gasteiger partial charge < -0.3 is 4.74 Å². The fourth-order valence-corrected chi connectivity index (χ4v) is 2.50. The van der Waals surface area contributed by atoms with Crippen molar-refractivity contribution in [3.05, 3.63) is 72.3 Å². The summed E-state index contributed by atoms with van der Waals surface area (Å²) in [7, 11) is 1.60. The maximum Gasteiger partial charge on any atom is 0.251 e. The van der Waals surface area contributed by atoms with Crippen LogP contribution in [0.4, 0.5) is 5.95 Å². The number of pyridine rings is 1. The minimum atomic E-state index is -0.299. The topological polar surface area (TPSA) is 81.9 Å². The van der Waals surface area contributed by atoms with Crippen LogP contribution in [0.2, 0.25) is 0 Å². The average Bonchev–Trinajstić information content (AvgIpc) is 3.09. The van der Waals surface area contributed by atoms with E-state index in [1.165, 1.54) is 6.08 Å². The first-order chi connectivity index (χ1) is 12.7. The van der Waals surface area contributed by atoms with E-state index in [1.807, 2.05) is 43.3 Å². The molecule has 0 bridgehead atoms. The average molecular weight is 349 g/mol. The smallest absolute Gasteiger partial charge is 0.251 e. The molecule has 1 N–H and O–H groups in total. The molecule has 3 aromatic rings. The third kappa shape index (κ3) is 4.32. The molecule has 0 saturated carbocycles. The maximum atomic E-state index is 12.2. The second kappa shape index (κ2) is 8.06. The standard InChI is InChI=1S/C19H19N5O2/c1-14(16-7-3-4-8-17(16)26-2)10-18(25)22-19-21-13-24(23-19)12-15-6-5-9-20-11-15/h3-11,13H,12H2,1-2H3,(H,22,23,25)/b14-10-. The Morgan fingerprint density at radius 3 is 2.88 bits per heavy atom. The number of nitrogens with zero attached hydrogens (tertiary/aromatic N) is 4. The van der Waals surface area contributed by atoms with Gasteiger partial charge in [0.2, 0.25) is 5.95 Å². The lowest BCUT2D eigenvalue weighted by atomic mass is 10.1. The highest BCUT2D eigenvalue weighted by Crippen LogP contribution is 2.25. The number of carbonyl (C=O) groups excluding carboxylic acids is 1. The Balaban J connectivity index is 1.66. The van der Waals surface area contributed by atoms with Crippen molar-refractivity contribution in [3.8, 4) is 5.75 Å². The van der Waals surface area contributed by atoms with E-state index in [2.05, 4.69) is 20.4 Å². The van der Waals surface area contributed by atoms with E-state index >= 15 is 0 Å². The first-order valence-corrected chi connectivity index (χ1v) is 8.07. The Morgan fingerprint density at radius 1 is 1.27 bits per heavy atom. The number of anilines is 1. The Kier molecular flexibility index (Phi) is 5.38. The van der Waals surface area contributed by atoms with E-state index in [-0.39, 0.29) is 11.9 Å². The van der Waals surface area contributed by atoms with Crippen molar-refractivity contribution in [2.45, 2.75) is 13.5 Å². The molecule has 2 aromatic heterocycles. The summed E-state index contributed by atoms with van der Waals surface area (Å²) >= 11 is 0. The van der Waals surface area contributed by atoms with Crippen molar-refractivity contribution >= 4 is 17.4 Å². The number of hydrogen-bond acceptors (Lipinski definition) is 5. The van der Waals surface area contributed by atoms with Gasteiger partial charge in [-0.05, 0) is 30.2 Å². The molecule has 7 nitrogen and oxygen atoms in total. The van der Waals surface area contributed by atoms with Gasteiger partial charge in [0.15, 0.2) is 0 Å². The minimum absolute atomic E-state index is 0.253. The van der Waals surface area contributed by atoms with Crippen LogP contribution in [-0.4, -0.2) is 32.8 Å². The molecule has 1 amide bonds. The zero-order valence-electron chi connectivity index (χ0n) is 14.6. The predicted molar refractivity (Wildman–Crippen MR) is 98.6 cm³/mol. The summed E-state index contributed by atoms with van der Waals surface area (Å²) in [6.07, 6.45) is 6.55. The molecule has 2 heterocycles. The summed E-state index contributed by atoms with van der Waals surface area (Å²) in [6, 6.07) is 11.3. The summed E-state index contributed by atoms with van der Waals surface area (Å²) in [5.41, 5.74) is 2.65. The van der Waals surface area contributed by atoms with Crippen LogP contribution in [0.5, 0.6) is 5.75 Å². The molecule has 26 heavy (non-hydrogen) atoms. The molecule has 0 aliphatic heterocycles.